The van der Waals surface area contributed by atoms with Gasteiger partial charge in [-0.15, -0.1) is 11.6 Å². The Bertz CT molecular complexity index is 309. The maximum atomic E-state index is 5.99. The van der Waals surface area contributed by atoms with Gasteiger partial charge in [-0.2, -0.15) is 9.97 Å². The second-order valence-corrected chi connectivity index (χ2v) is 3.97. The van der Waals surface area contributed by atoms with Gasteiger partial charge in [0.2, 0.25) is 11.8 Å². The van der Waals surface area contributed by atoms with Crippen LogP contribution in [0, 0.1) is 0 Å². The van der Waals surface area contributed by atoms with Crippen LogP contribution in [0.4, 0.5) is 0 Å². The van der Waals surface area contributed by atoms with E-state index in [4.69, 9.17) is 21.1 Å². The third-order valence-corrected chi connectivity index (χ3v) is 2.59. The van der Waals surface area contributed by atoms with Crippen LogP contribution in [0.25, 0.3) is 0 Å². The number of nitrogens with zero attached hydrogens (tertiary/aromatic N) is 2. The Balaban J connectivity index is 3.06. The maximum absolute atomic E-state index is 5.99. The van der Waals surface area contributed by atoms with Crippen LogP contribution in [0.15, 0.2) is 6.07 Å². The van der Waals surface area contributed by atoms with Crippen molar-refractivity contribution in [3.8, 4) is 11.8 Å². The van der Waals surface area contributed by atoms with Crippen molar-refractivity contribution in [2.24, 2.45) is 0 Å². The van der Waals surface area contributed by atoms with Crippen LogP contribution < -0.4 is 9.47 Å². The second kappa shape index (κ2) is 5.16. The van der Waals surface area contributed by atoms with Gasteiger partial charge in [0.15, 0.2) is 0 Å². The van der Waals surface area contributed by atoms with E-state index in [1.807, 2.05) is 13.8 Å². The fraction of sp³-hybridized carbons (Fsp3) is 0.600. The zero-order valence-electron chi connectivity index (χ0n) is 9.32. The fourth-order valence-electron chi connectivity index (χ4n) is 1.04. The third kappa shape index (κ3) is 2.96. The molecular formula is C10H15ClN2O2. The molecule has 84 valence electrons. The zero-order valence-corrected chi connectivity index (χ0v) is 10.1. The molecule has 2 unspecified atom stereocenters. The van der Waals surface area contributed by atoms with Crippen molar-refractivity contribution in [2.45, 2.75) is 25.1 Å². The predicted octanol–water partition coefficient (Wildman–Crippen LogP) is 2.22. The highest BCUT2D eigenvalue weighted by Gasteiger charge is 2.17. The van der Waals surface area contributed by atoms with E-state index in [1.165, 1.54) is 0 Å². The highest BCUT2D eigenvalue weighted by molar-refractivity contribution is 6.20. The summed E-state index contributed by atoms with van der Waals surface area (Å²) >= 11 is 5.99. The molecule has 0 aliphatic heterocycles. The first-order chi connectivity index (χ1) is 7.08. The van der Waals surface area contributed by atoms with E-state index in [9.17, 15) is 0 Å². The smallest absolute Gasteiger partial charge is 0.220 e. The first-order valence-electron chi connectivity index (χ1n) is 4.69. The number of alkyl halides is 1. The number of hydrogen-bond acceptors (Lipinski definition) is 4. The molecule has 0 spiro atoms. The molecule has 0 radical (unpaired) electrons. The van der Waals surface area contributed by atoms with Gasteiger partial charge in [-0.3, -0.25) is 0 Å². The second-order valence-electron chi connectivity index (χ2n) is 3.28. The molecule has 0 N–H and O–H groups in total. The number of aromatic nitrogens is 2. The molecule has 0 saturated heterocycles. The molecule has 0 aliphatic rings. The third-order valence-electron chi connectivity index (χ3n) is 2.21. The summed E-state index contributed by atoms with van der Waals surface area (Å²) in [6.07, 6.45) is 0. The van der Waals surface area contributed by atoms with Crippen LogP contribution in [0.2, 0.25) is 0 Å². The summed E-state index contributed by atoms with van der Waals surface area (Å²) in [5.41, 5.74) is 0. The molecule has 4 nitrogen and oxygen atoms in total. The van der Waals surface area contributed by atoms with E-state index in [2.05, 4.69) is 9.97 Å². The lowest BCUT2D eigenvalue weighted by atomic mass is 10.1. The van der Waals surface area contributed by atoms with E-state index >= 15 is 0 Å². The molecule has 0 saturated carbocycles. The summed E-state index contributed by atoms with van der Waals surface area (Å²) in [7, 11) is 3.11. The largest absolute Gasteiger partial charge is 0.481 e. The molecular weight excluding hydrogens is 216 g/mol. The molecule has 1 aromatic rings. The Morgan fingerprint density at radius 3 is 1.93 bits per heavy atom. The molecule has 1 rings (SSSR count). The van der Waals surface area contributed by atoms with E-state index < -0.39 is 0 Å². The van der Waals surface area contributed by atoms with Crippen LogP contribution in [-0.4, -0.2) is 29.6 Å². The van der Waals surface area contributed by atoms with Gasteiger partial charge in [-0.05, 0) is 6.92 Å². The Kier molecular flexibility index (Phi) is 4.15. The lowest BCUT2D eigenvalue weighted by Gasteiger charge is -2.13. The number of ether oxygens (including phenoxy) is 2. The first kappa shape index (κ1) is 12.0. The van der Waals surface area contributed by atoms with Gasteiger partial charge in [-0.25, -0.2) is 0 Å². The summed E-state index contributed by atoms with van der Waals surface area (Å²) in [6.45, 7) is 3.87. The molecule has 0 amide bonds. The van der Waals surface area contributed by atoms with Crippen molar-refractivity contribution in [3.63, 3.8) is 0 Å². The summed E-state index contributed by atoms with van der Waals surface area (Å²) in [5.74, 6) is 1.66. The van der Waals surface area contributed by atoms with Gasteiger partial charge in [0.1, 0.15) is 5.82 Å². The Labute approximate surface area is 94.6 Å². The molecule has 0 aliphatic carbocycles. The fourth-order valence-corrected chi connectivity index (χ4v) is 1.15. The molecule has 0 fully saturated rings. The summed E-state index contributed by atoms with van der Waals surface area (Å²) in [6, 6.07) is 1.63. The monoisotopic (exact) mass is 230 g/mol. The number of hydrogen-bond donors (Lipinski definition) is 0. The van der Waals surface area contributed by atoms with E-state index in [1.54, 1.807) is 20.3 Å². The van der Waals surface area contributed by atoms with Crippen LogP contribution in [-0.2, 0) is 0 Å². The molecule has 1 heterocycles. The quantitative estimate of drug-likeness (QED) is 0.744. The van der Waals surface area contributed by atoms with Gasteiger partial charge in [0, 0.05) is 11.3 Å². The van der Waals surface area contributed by atoms with Crippen molar-refractivity contribution in [1.82, 2.24) is 9.97 Å². The van der Waals surface area contributed by atoms with Crippen LogP contribution in [0.5, 0.6) is 11.8 Å². The van der Waals surface area contributed by atoms with Gasteiger partial charge in [0.25, 0.3) is 0 Å². The minimum atomic E-state index is -0.0400. The first-order valence-corrected chi connectivity index (χ1v) is 5.13. The van der Waals surface area contributed by atoms with Gasteiger partial charge < -0.3 is 9.47 Å². The predicted molar refractivity (Wildman–Crippen MR) is 58.9 cm³/mol. The molecule has 1 aromatic heterocycles. The Morgan fingerprint density at radius 2 is 1.60 bits per heavy atom. The molecule has 2 atom stereocenters. The topological polar surface area (TPSA) is 44.2 Å². The lowest BCUT2D eigenvalue weighted by Crippen LogP contribution is -2.10. The van der Waals surface area contributed by atoms with Crippen LogP contribution in [0.3, 0.4) is 0 Å². The van der Waals surface area contributed by atoms with E-state index in [-0.39, 0.29) is 11.3 Å². The van der Waals surface area contributed by atoms with Crippen LogP contribution >= 0.6 is 11.6 Å². The molecule has 0 bridgehead atoms. The highest BCUT2D eigenvalue weighted by atomic mass is 35.5. The zero-order chi connectivity index (χ0) is 11.4. The number of halogens is 1. The average molecular weight is 231 g/mol. The standard InChI is InChI=1S/C10H15ClN2O2/c1-6(7(2)11)10-12-8(14-3)5-9(13-10)15-4/h5-7H,1-4H3. The summed E-state index contributed by atoms with van der Waals surface area (Å²) < 4.78 is 10.1. The van der Waals surface area contributed by atoms with Crippen molar-refractivity contribution in [3.05, 3.63) is 11.9 Å². The van der Waals surface area contributed by atoms with Gasteiger partial charge in [0.05, 0.1) is 20.3 Å². The Hall–Kier alpha value is -1.03. The normalized spacial score (nSPS) is 14.5. The van der Waals surface area contributed by atoms with Gasteiger partial charge >= 0.3 is 0 Å². The highest BCUT2D eigenvalue weighted by Crippen LogP contribution is 2.24. The SMILES string of the molecule is COc1cc(OC)nc(C(C)C(C)Cl)n1. The molecule has 5 heteroatoms. The average Bonchev–Trinajstić information content (AvgIpc) is 2.27. The number of methoxy groups -OCH3 is 2. The van der Waals surface area contributed by atoms with Crippen molar-refractivity contribution in [1.29, 1.82) is 0 Å². The lowest BCUT2D eigenvalue weighted by molar-refractivity contribution is 0.366. The minimum Gasteiger partial charge on any atom is -0.481 e. The number of rotatable bonds is 4. The van der Waals surface area contributed by atoms with E-state index in [0.717, 1.165) is 0 Å². The summed E-state index contributed by atoms with van der Waals surface area (Å²) in [5, 5.41) is -0.0400. The maximum Gasteiger partial charge on any atom is 0.220 e. The Morgan fingerprint density at radius 1 is 1.13 bits per heavy atom. The van der Waals surface area contributed by atoms with Crippen LogP contribution in [0.1, 0.15) is 25.6 Å². The van der Waals surface area contributed by atoms with Gasteiger partial charge in [-0.1, -0.05) is 6.92 Å². The molecule has 0 aromatic carbocycles. The minimum absolute atomic E-state index is 0.0400. The van der Waals surface area contributed by atoms with Crippen molar-refractivity contribution >= 4 is 11.6 Å². The van der Waals surface area contributed by atoms with Crippen molar-refractivity contribution in [2.75, 3.05) is 14.2 Å². The van der Waals surface area contributed by atoms with E-state index in [0.29, 0.717) is 17.6 Å². The van der Waals surface area contributed by atoms with Crippen molar-refractivity contribution < 1.29 is 9.47 Å². The molecule has 15 heavy (non-hydrogen) atoms. The summed E-state index contributed by atoms with van der Waals surface area (Å²) in [4.78, 5) is 8.45.